The Kier molecular flexibility index (Phi) is 3.01. The van der Waals surface area contributed by atoms with E-state index in [2.05, 4.69) is 9.64 Å². The Bertz CT molecular complexity index is 375. The number of fused-ring (bicyclic) bond motifs is 1. The van der Waals surface area contributed by atoms with Crippen molar-refractivity contribution in [1.82, 2.24) is 4.90 Å². The third-order valence-corrected chi connectivity index (χ3v) is 3.23. The first kappa shape index (κ1) is 13.1. The van der Waals surface area contributed by atoms with Crippen molar-refractivity contribution in [2.45, 2.75) is 51.4 Å². The SMILES string of the molecule is CCC1(OC(=O)OC(=O)OC(C)(C)C)CN2CC21. The predicted octanol–water partition coefficient (Wildman–Crippen LogP) is 1.92. The molecule has 0 spiro atoms. The molecule has 0 amide bonds. The zero-order chi connectivity index (χ0) is 13.6. The van der Waals surface area contributed by atoms with Crippen LogP contribution in [0.5, 0.6) is 0 Å². The van der Waals surface area contributed by atoms with Gasteiger partial charge < -0.3 is 14.2 Å². The molecule has 3 unspecified atom stereocenters. The summed E-state index contributed by atoms with van der Waals surface area (Å²) in [5, 5.41) is 0. The van der Waals surface area contributed by atoms with E-state index in [0.717, 1.165) is 19.5 Å². The smallest absolute Gasteiger partial charge is 0.428 e. The average molecular weight is 257 g/mol. The van der Waals surface area contributed by atoms with Gasteiger partial charge in [-0.1, -0.05) is 6.92 Å². The first-order chi connectivity index (χ1) is 8.26. The van der Waals surface area contributed by atoms with Gasteiger partial charge in [-0.15, -0.1) is 0 Å². The molecule has 2 aliphatic rings. The molecule has 2 saturated heterocycles. The minimum atomic E-state index is -1.02. The molecule has 0 saturated carbocycles. The molecule has 0 aromatic heterocycles. The fraction of sp³-hybridized carbons (Fsp3) is 0.833. The summed E-state index contributed by atoms with van der Waals surface area (Å²) in [7, 11) is 0. The minimum Gasteiger partial charge on any atom is -0.428 e. The highest BCUT2D eigenvalue weighted by molar-refractivity contribution is 5.77. The van der Waals surface area contributed by atoms with Crippen LogP contribution in [0.1, 0.15) is 34.1 Å². The van der Waals surface area contributed by atoms with Crippen molar-refractivity contribution in [2.75, 3.05) is 13.1 Å². The van der Waals surface area contributed by atoms with E-state index in [9.17, 15) is 9.59 Å². The number of hydrogen-bond acceptors (Lipinski definition) is 6. The van der Waals surface area contributed by atoms with E-state index in [1.54, 1.807) is 20.8 Å². The van der Waals surface area contributed by atoms with Gasteiger partial charge in [0.05, 0.1) is 6.04 Å². The van der Waals surface area contributed by atoms with Crippen molar-refractivity contribution < 1.29 is 23.8 Å². The lowest BCUT2D eigenvalue weighted by Gasteiger charge is -2.39. The molecule has 6 nitrogen and oxygen atoms in total. The molecule has 6 heteroatoms. The maximum atomic E-state index is 11.5. The van der Waals surface area contributed by atoms with E-state index in [1.807, 2.05) is 6.92 Å². The van der Waals surface area contributed by atoms with Gasteiger partial charge in [-0.3, -0.25) is 4.90 Å². The molecule has 2 rings (SSSR count). The second-order valence-corrected chi connectivity index (χ2v) is 5.78. The Morgan fingerprint density at radius 2 is 2.00 bits per heavy atom. The summed E-state index contributed by atoms with van der Waals surface area (Å²) >= 11 is 0. The maximum absolute atomic E-state index is 11.5. The van der Waals surface area contributed by atoms with Crippen molar-refractivity contribution in [3.63, 3.8) is 0 Å². The molecule has 3 atom stereocenters. The van der Waals surface area contributed by atoms with Gasteiger partial charge in [-0.2, -0.15) is 0 Å². The van der Waals surface area contributed by atoms with Gasteiger partial charge in [0.2, 0.25) is 0 Å². The van der Waals surface area contributed by atoms with E-state index in [4.69, 9.17) is 9.47 Å². The summed E-state index contributed by atoms with van der Waals surface area (Å²) in [6.45, 7) is 8.71. The summed E-state index contributed by atoms with van der Waals surface area (Å²) in [5.41, 5.74) is -1.16. The Morgan fingerprint density at radius 3 is 2.39 bits per heavy atom. The summed E-state index contributed by atoms with van der Waals surface area (Å²) in [6, 6.07) is 0.300. The molecule has 2 heterocycles. The van der Waals surface area contributed by atoms with Gasteiger partial charge in [0.1, 0.15) is 11.2 Å². The number of nitrogens with zero attached hydrogens (tertiary/aromatic N) is 1. The minimum absolute atomic E-state index is 0.300. The van der Waals surface area contributed by atoms with Gasteiger partial charge >= 0.3 is 12.3 Å². The van der Waals surface area contributed by atoms with Crippen LogP contribution in [0.15, 0.2) is 0 Å². The summed E-state index contributed by atoms with van der Waals surface area (Å²) in [4.78, 5) is 25.0. The van der Waals surface area contributed by atoms with E-state index < -0.39 is 23.5 Å². The summed E-state index contributed by atoms with van der Waals surface area (Å²) in [6.07, 6.45) is -1.28. The Morgan fingerprint density at radius 1 is 1.33 bits per heavy atom. The zero-order valence-electron chi connectivity index (χ0n) is 11.2. The fourth-order valence-corrected chi connectivity index (χ4v) is 2.23. The summed E-state index contributed by atoms with van der Waals surface area (Å²) in [5.74, 6) is 0. The fourth-order valence-electron chi connectivity index (χ4n) is 2.23. The van der Waals surface area contributed by atoms with Gasteiger partial charge in [0.15, 0.2) is 0 Å². The van der Waals surface area contributed by atoms with Crippen molar-refractivity contribution in [2.24, 2.45) is 0 Å². The Labute approximate surface area is 106 Å². The van der Waals surface area contributed by atoms with Crippen molar-refractivity contribution in [3.8, 4) is 0 Å². The van der Waals surface area contributed by atoms with Crippen LogP contribution in [-0.2, 0) is 14.2 Å². The molecule has 18 heavy (non-hydrogen) atoms. The topological polar surface area (TPSA) is 64.8 Å². The largest absolute Gasteiger partial charge is 0.519 e. The Balaban J connectivity index is 1.80. The highest BCUT2D eigenvalue weighted by Crippen LogP contribution is 2.46. The van der Waals surface area contributed by atoms with Crippen LogP contribution >= 0.6 is 0 Å². The van der Waals surface area contributed by atoms with Crippen LogP contribution in [0.4, 0.5) is 9.59 Å². The predicted molar refractivity (Wildman–Crippen MR) is 62.2 cm³/mol. The monoisotopic (exact) mass is 257 g/mol. The molecule has 0 aromatic carbocycles. The molecule has 0 N–H and O–H groups in total. The number of carbonyl (C=O) groups is 2. The lowest BCUT2D eigenvalue weighted by Crippen LogP contribution is -2.55. The standard InChI is InChI=1S/C12H19NO5/c1-5-12(7-13-6-8(12)13)18-10(15)16-9(14)17-11(2,3)4/h8H,5-7H2,1-4H3. The van der Waals surface area contributed by atoms with Gasteiger partial charge in [0.25, 0.3) is 0 Å². The average Bonchev–Trinajstić information content (AvgIpc) is 2.84. The lowest BCUT2D eigenvalue weighted by molar-refractivity contribution is -0.0855. The number of hydrogen-bond donors (Lipinski definition) is 0. The first-order valence-corrected chi connectivity index (χ1v) is 6.13. The summed E-state index contributed by atoms with van der Waals surface area (Å²) < 4.78 is 14.6. The van der Waals surface area contributed by atoms with E-state index in [-0.39, 0.29) is 0 Å². The second-order valence-electron chi connectivity index (χ2n) is 5.78. The number of ether oxygens (including phenoxy) is 3. The highest BCUT2D eigenvalue weighted by Gasteiger charge is 2.64. The molecule has 0 aromatic rings. The third kappa shape index (κ3) is 2.58. The molecule has 102 valence electrons. The zero-order valence-corrected chi connectivity index (χ0v) is 11.2. The van der Waals surface area contributed by atoms with Crippen molar-refractivity contribution in [1.29, 1.82) is 0 Å². The number of rotatable bonds is 2. The van der Waals surface area contributed by atoms with Crippen LogP contribution in [0.25, 0.3) is 0 Å². The van der Waals surface area contributed by atoms with Crippen LogP contribution in [0.2, 0.25) is 0 Å². The number of carbonyl (C=O) groups excluding carboxylic acids is 2. The van der Waals surface area contributed by atoms with E-state index in [1.165, 1.54) is 0 Å². The van der Waals surface area contributed by atoms with Crippen LogP contribution < -0.4 is 0 Å². The molecule has 0 bridgehead atoms. The maximum Gasteiger partial charge on any atom is 0.519 e. The van der Waals surface area contributed by atoms with E-state index in [0.29, 0.717) is 6.04 Å². The molecular formula is C12H19NO5. The van der Waals surface area contributed by atoms with Crippen LogP contribution in [0, 0.1) is 0 Å². The third-order valence-electron chi connectivity index (χ3n) is 3.23. The van der Waals surface area contributed by atoms with Crippen LogP contribution in [-0.4, -0.2) is 47.5 Å². The molecule has 0 radical (unpaired) electrons. The van der Waals surface area contributed by atoms with Gasteiger partial charge in [-0.05, 0) is 27.2 Å². The molecule has 2 aliphatic heterocycles. The van der Waals surface area contributed by atoms with Gasteiger partial charge in [0, 0.05) is 13.1 Å². The first-order valence-electron chi connectivity index (χ1n) is 6.13. The molecule has 2 fully saturated rings. The Hall–Kier alpha value is -1.30. The van der Waals surface area contributed by atoms with Crippen LogP contribution in [0.3, 0.4) is 0 Å². The van der Waals surface area contributed by atoms with Crippen molar-refractivity contribution >= 4 is 12.3 Å². The lowest BCUT2D eigenvalue weighted by atomic mass is 9.91. The van der Waals surface area contributed by atoms with Gasteiger partial charge in [-0.25, -0.2) is 9.59 Å². The quantitative estimate of drug-likeness (QED) is 0.428. The van der Waals surface area contributed by atoms with E-state index >= 15 is 0 Å². The highest BCUT2D eigenvalue weighted by atomic mass is 16.8. The molecule has 0 aliphatic carbocycles. The normalized spacial score (nSPS) is 32.9. The van der Waals surface area contributed by atoms with Crippen molar-refractivity contribution in [3.05, 3.63) is 0 Å². The second kappa shape index (κ2) is 4.12. The molecular weight excluding hydrogens is 238 g/mol.